The van der Waals surface area contributed by atoms with E-state index in [9.17, 15) is 4.79 Å². The molecule has 3 nitrogen and oxygen atoms in total. The van der Waals surface area contributed by atoms with E-state index in [0.29, 0.717) is 0 Å². The van der Waals surface area contributed by atoms with Crippen molar-refractivity contribution in [3.8, 4) is 0 Å². The van der Waals surface area contributed by atoms with Gasteiger partial charge in [0.25, 0.3) is 0 Å². The van der Waals surface area contributed by atoms with Crippen molar-refractivity contribution in [2.45, 2.75) is 44.6 Å². The third-order valence-corrected chi connectivity index (χ3v) is 2.63. The Kier molecular flexibility index (Phi) is 2.95. The fraction of sp³-hybridized carbons (Fsp3) is 0.889. The van der Waals surface area contributed by atoms with Gasteiger partial charge in [0.1, 0.15) is 5.60 Å². The monoisotopic (exact) mass is 172 g/mol. The lowest BCUT2D eigenvalue weighted by Gasteiger charge is -2.26. The van der Waals surface area contributed by atoms with E-state index in [1.54, 1.807) is 0 Å². The van der Waals surface area contributed by atoms with Gasteiger partial charge < -0.3 is 9.47 Å². The van der Waals surface area contributed by atoms with Gasteiger partial charge in [-0.2, -0.15) is 0 Å². The average molecular weight is 172 g/mol. The number of carbonyl (C=O) groups excluding carboxylic acids is 1. The van der Waals surface area contributed by atoms with Crippen LogP contribution in [-0.2, 0) is 9.47 Å². The van der Waals surface area contributed by atoms with Gasteiger partial charge in [-0.25, -0.2) is 4.79 Å². The molecule has 0 saturated heterocycles. The summed E-state index contributed by atoms with van der Waals surface area (Å²) in [6.07, 6.45) is 4.63. The van der Waals surface area contributed by atoms with E-state index in [1.165, 1.54) is 7.11 Å². The van der Waals surface area contributed by atoms with Gasteiger partial charge in [-0.15, -0.1) is 0 Å². The number of carbonyl (C=O) groups is 1. The SMILES string of the molecule is CCC1(OC(=O)OC)CCCC1. The number of rotatable bonds is 2. The van der Waals surface area contributed by atoms with E-state index in [2.05, 4.69) is 4.74 Å². The second-order valence-corrected chi connectivity index (χ2v) is 3.30. The zero-order valence-corrected chi connectivity index (χ0v) is 7.76. The summed E-state index contributed by atoms with van der Waals surface area (Å²) in [6.45, 7) is 2.05. The van der Waals surface area contributed by atoms with Crippen LogP contribution < -0.4 is 0 Å². The highest BCUT2D eigenvalue weighted by Crippen LogP contribution is 2.36. The minimum absolute atomic E-state index is 0.215. The summed E-state index contributed by atoms with van der Waals surface area (Å²) in [6, 6.07) is 0. The molecule has 70 valence electrons. The summed E-state index contributed by atoms with van der Waals surface area (Å²) >= 11 is 0. The van der Waals surface area contributed by atoms with E-state index in [4.69, 9.17) is 4.74 Å². The van der Waals surface area contributed by atoms with Gasteiger partial charge in [0, 0.05) is 0 Å². The van der Waals surface area contributed by atoms with Crippen LogP contribution in [0.3, 0.4) is 0 Å². The molecule has 1 fully saturated rings. The molecule has 0 unspecified atom stereocenters. The van der Waals surface area contributed by atoms with Gasteiger partial charge in [-0.05, 0) is 32.1 Å². The molecule has 0 aromatic carbocycles. The molecule has 3 heteroatoms. The molecule has 0 radical (unpaired) electrons. The van der Waals surface area contributed by atoms with Crippen molar-refractivity contribution in [1.29, 1.82) is 0 Å². The third kappa shape index (κ3) is 1.90. The Hall–Kier alpha value is -0.730. The number of methoxy groups -OCH3 is 1. The third-order valence-electron chi connectivity index (χ3n) is 2.63. The molecule has 0 N–H and O–H groups in total. The van der Waals surface area contributed by atoms with E-state index >= 15 is 0 Å². The minimum Gasteiger partial charge on any atom is -0.438 e. The Bertz CT molecular complexity index is 159. The highest BCUT2D eigenvalue weighted by atomic mass is 16.7. The van der Waals surface area contributed by atoms with Gasteiger partial charge in [-0.3, -0.25) is 0 Å². The molecule has 0 aromatic rings. The standard InChI is InChI=1S/C9H16O3/c1-3-9(6-4-5-7-9)12-8(10)11-2/h3-7H2,1-2H3. The van der Waals surface area contributed by atoms with Crippen molar-refractivity contribution in [2.24, 2.45) is 0 Å². The topological polar surface area (TPSA) is 35.5 Å². The molecule has 1 aliphatic carbocycles. The first-order chi connectivity index (χ1) is 5.72. The van der Waals surface area contributed by atoms with Crippen molar-refractivity contribution in [1.82, 2.24) is 0 Å². The number of hydrogen-bond donors (Lipinski definition) is 0. The predicted octanol–water partition coefficient (Wildman–Crippen LogP) is 2.49. The molecule has 0 amide bonds. The van der Waals surface area contributed by atoms with Gasteiger partial charge >= 0.3 is 6.16 Å². The largest absolute Gasteiger partial charge is 0.508 e. The van der Waals surface area contributed by atoms with Crippen LogP contribution in [0.4, 0.5) is 4.79 Å². The summed E-state index contributed by atoms with van der Waals surface area (Å²) in [5.74, 6) is 0. The smallest absolute Gasteiger partial charge is 0.438 e. The maximum atomic E-state index is 10.9. The summed E-state index contributed by atoms with van der Waals surface area (Å²) in [5, 5.41) is 0. The van der Waals surface area contributed by atoms with Crippen molar-refractivity contribution >= 4 is 6.16 Å². The van der Waals surface area contributed by atoms with Crippen LogP contribution >= 0.6 is 0 Å². The second kappa shape index (κ2) is 3.78. The molecule has 0 heterocycles. The summed E-state index contributed by atoms with van der Waals surface area (Å²) in [7, 11) is 1.35. The quantitative estimate of drug-likeness (QED) is 0.600. The molecule has 0 spiro atoms. The number of hydrogen-bond acceptors (Lipinski definition) is 3. The minimum atomic E-state index is -0.543. The van der Waals surface area contributed by atoms with Gasteiger partial charge in [-0.1, -0.05) is 6.92 Å². The van der Waals surface area contributed by atoms with Crippen molar-refractivity contribution in [2.75, 3.05) is 7.11 Å². The van der Waals surface area contributed by atoms with Crippen LogP contribution in [0.2, 0.25) is 0 Å². The van der Waals surface area contributed by atoms with Gasteiger partial charge in [0.15, 0.2) is 0 Å². The fourth-order valence-electron chi connectivity index (χ4n) is 1.77. The normalized spacial score (nSPS) is 20.5. The first kappa shape index (κ1) is 9.36. The van der Waals surface area contributed by atoms with Crippen LogP contribution in [0.1, 0.15) is 39.0 Å². The molecule has 0 atom stereocenters. The Balaban J connectivity index is 2.49. The molecule has 12 heavy (non-hydrogen) atoms. The Labute approximate surface area is 73.0 Å². The van der Waals surface area contributed by atoms with Crippen molar-refractivity contribution in [3.05, 3.63) is 0 Å². The first-order valence-electron chi connectivity index (χ1n) is 4.49. The van der Waals surface area contributed by atoms with Crippen LogP contribution in [0.15, 0.2) is 0 Å². The highest BCUT2D eigenvalue weighted by Gasteiger charge is 2.36. The second-order valence-electron chi connectivity index (χ2n) is 3.30. The molecule has 0 bridgehead atoms. The van der Waals surface area contributed by atoms with Gasteiger partial charge in [0.05, 0.1) is 7.11 Å². The molecule has 1 saturated carbocycles. The first-order valence-corrected chi connectivity index (χ1v) is 4.49. The highest BCUT2D eigenvalue weighted by molar-refractivity contribution is 5.60. The molecule has 0 aliphatic heterocycles. The molecular weight excluding hydrogens is 156 g/mol. The zero-order valence-electron chi connectivity index (χ0n) is 7.76. The van der Waals surface area contributed by atoms with Crippen LogP contribution in [0.5, 0.6) is 0 Å². The predicted molar refractivity (Wildman–Crippen MR) is 45.0 cm³/mol. The summed E-state index contributed by atoms with van der Waals surface area (Å²) in [4.78, 5) is 10.9. The molecule has 0 aromatic heterocycles. The van der Waals surface area contributed by atoms with Gasteiger partial charge in [0.2, 0.25) is 0 Å². The van der Waals surface area contributed by atoms with Crippen LogP contribution in [-0.4, -0.2) is 18.9 Å². The Morgan fingerprint density at radius 1 is 1.42 bits per heavy atom. The maximum Gasteiger partial charge on any atom is 0.508 e. The van der Waals surface area contributed by atoms with Crippen molar-refractivity contribution in [3.63, 3.8) is 0 Å². The molecule has 1 rings (SSSR count). The Morgan fingerprint density at radius 3 is 2.42 bits per heavy atom. The van der Waals surface area contributed by atoms with Crippen LogP contribution in [0.25, 0.3) is 0 Å². The van der Waals surface area contributed by atoms with E-state index in [-0.39, 0.29) is 5.60 Å². The lowest BCUT2D eigenvalue weighted by molar-refractivity contribution is -0.0261. The fourth-order valence-corrected chi connectivity index (χ4v) is 1.77. The average Bonchev–Trinajstić information content (AvgIpc) is 2.54. The lowest BCUT2D eigenvalue weighted by Crippen LogP contribution is -2.31. The molecular formula is C9H16O3. The Morgan fingerprint density at radius 2 is 2.00 bits per heavy atom. The summed E-state index contributed by atoms with van der Waals surface area (Å²) in [5.41, 5.74) is -0.215. The van der Waals surface area contributed by atoms with Crippen molar-refractivity contribution < 1.29 is 14.3 Å². The summed E-state index contributed by atoms with van der Waals surface area (Å²) < 4.78 is 9.71. The lowest BCUT2D eigenvalue weighted by atomic mass is 9.99. The van der Waals surface area contributed by atoms with Crippen LogP contribution in [0, 0.1) is 0 Å². The maximum absolute atomic E-state index is 10.9. The zero-order chi connectivity index (χ0) is 9.03. The van der Waals surface area contributed by atoms with E-state index < -0.39 is 6.16 Å². The number of ether oxygens (including phenoxy) is 2. The van der Waals surface area contributed by atoms with E-state index in [0.717, 1.165) is 32.1 Å². The molecule has 1 aliphatic rings. The van der Waals surface area contributed by atoms with E-state index in [1.807, 2.05) is 6.92 Å².